The van der Waals surface area contributed by atoms with Crippen molar-refractivity contribution >= 4 is 0 Å². The first-order valence-electron chi connectivity index (χ1n) is 6.52. The molecule has 0 aromatic carbocycles. The molecule has 0 saturated carbocycles. The van der Waals surface area contributed by atoms with Crippen molar-refractivity contribution in [1.29, 1.82) is 0 Å². The van der Waals surface area contributed by atoms with Crippen molar-refractivity contribution in [2.24, 2.45) is 0 Å². The van der Waals surface area contributed by atoms with Crippen molar-refractivity contribution in [2.75, 3.05) is 33.2 Å². The van der Waals surface area contributed by atoms with E-state index in [2.05, 4.69) is 25.7 Å². The van der Waals surface area contributed by atoms with E-state index in [0.29, 0.717) is 13.5 Å². The normalized spacial score (nSPS) is 11.2. The lowest BCUT2D eigenvalue weighted by Crippen LogP contribution is -2.30. The molecule has 0 bridgehead atoms. The van der Waals surface area contributed by atoms with Crippen LogP contribution in [0.2, 0.25) is 0 Å². The van der Waals surface area contributed by atoms with Gasteiger partial charge in [-0.15, -0.1) is 0 Å². The van der Waals surface area contributed by atoms with Crippen LogP contribution in [0.3, 0.4) is 0 Å². The number of nitrogens with zero attached hydrogens (tertiary/aromatic N) is 1. The topological polar surface area (TPSA) is 21.7 Å². The number of hydrogen-bond donors (Lipinski definition) is 0. The maximum Gasteiger partial charge on any atom is 0.101 e. The average Bonchev–Trinajstić information content (AvgIpc) is 2.30. The lowest BCUT2D eigenvalue weighted by atomic mass is 10.4. The Balaban J connectivity index is 3.45. The van der Waals surface area contributed by atoms with Crippen LogP contribution in [0, 0.1) is 6.92 Å². The first kappa shape index (κ1) is 15.9. The van der Waals surface area contributed by atoms with Gasteiger partial charge in [0.15, 0.2) is 0 Å². The summed E-state index contributed by atoms with van der Waals surface area (Å²) in [6.45, 7) is 12.2. The van der Waals surface area contributed by atoms with Gasteiger partial charge in [0.25, 0.3) is 0 Å². The highest BCUT2D eigenvalue weighted by Gasteiger charge is 2.03. The van der Waals surface area contributed by atoms with E-state index in [1.807, 2.05) is 0 Å². The smallest absolute Gasteiger partial charge is 0.101 e. The summed E-state index contributed by atoms with van der Waals surface area (Å²) in [5.41, 5.74) is 0. The van der Waals surface area contributed by atoms with Crippen molar-refractivity contribution < 1.29 is 9.47 Å². The summed E-state index contributed by atoms with van der Waals surface area (Å²) in [5, 5.41) is 0. The molecular formula is C13H28NO2. The van der Waals surface area contributed by atoms with Crippen LogP contribution < -0.4 is 0 Å². The third-order valence-corrected chi connectivity index (χ3v) is 2.31. The summed E-state index contributed by atoms with van der Waals surface area (Å²) < 4.78 is 11.1. The van der Waals surface area contributed by atoms with Gasteiger partial charge in [0.05, 0.1) is 0 Å². The van der Waals surface area contributed by atoms with Crippen LogP contribution in [0.1, 0.15) is 46.0 Å². The van der Waals surface area contributed by atoms with E-state index in [1.54, 1.807) is 0 Å². The number of hydrogen-bond acceptors (Lipinski definition) is 3. The van der Waals surface area contributed by atoms with Crippen LogP contribution in [-0.4, -0.2) is 38.1 Å². The van der Waals surface area contributed by atoms with Gasteiger partial charge >= 0.3 is 0 Å². The molecule has 0 aliphatic carbocycles. The molecule has 0 aliphatic rings. The predicted molar refractivity (Wildman–Crippen MR) is 68.1 cm³/mol. The van der Waals surface area contributed by atoms with Crippen LogP contribution in [0.15, 0.2) is 0 Å². The van der Waals surface area contributed by atoms with E-state index >= 15 is 0 Å². The molecule has 0 unspecified atom stereocenters. The van der Waals surface area contributed by atoms with Gasteiger partial charge in [-0.25, -0.2) is 0 Å². The zero-order valence-electron chi connectivity index (χ0n) is 11.0. The Kier molecular flexibility index (Phi) is 12.9. The minimum atomic E-state index is 0.668. The summed E-state index contributed by atoms with van der Waals surface area (Å²) in [5.74, 6) is 0. The SMILES string of the molecule is [CH2]CCN(COCCCC)COCCCC. The second-order valence-corrected chi connectivity index (χ2v) is 4.03. The molecule has 0 aromatic rings. The van der Waals surface area contributed by atoms with E-state index in [4.69, 9.17) is 9.47 Å². The van der Waals surface area contributed by atoms with Crippen molar-refractivity contribution in [1.82, 2.24) is 4.90 Å². The quantitative estimate of drug-likeness (QED) is 0.380. The molecule has 0 heterocycles. The van der Waals surface area contributed by atoms with Crippen LogP contribution in [0.4, 0.5) is 0 Å². The molecule has 0 spiro atoms. The van der Waals surface area contributed by atoms with Crippen LogP contribution in [-0.2, 0) is 9.47 Å². The highest BCUT2D eigenvalue weighted by molar-refractivity contribution is 4.50. The van der Waals surface area contributed by atoms with Gasteiger partial charge in [0.2, 0.25) is 0 Å². The summed E-state index contributed by atoms with van der Waals surface area (Å²) in [4.78, 5) is 2.16. The highest BCUT2D eigenvalue weighted by atomic mass is 16.5. The number of rotatable bonds is 12. The third-order valence-electron chi connectivity index (χ3n) is 2.31. The Morgan fingerprint density at radius 3 is 1.81 bits per heavy atom. The van der Waals surface area contributed by atoms with Gasteiger partial charge in [0.1, 0.15) is 13.5 Å². The molecule has 0 saturated heterocycles. The molecule has 0 rings (SSSR count). The van der Waals surface area contributed by atoms with Gasteiger partial charge in [-0.05, 0) is 19.3 Å². The molecule has 1 radical (unpaired) electrons. The van der Waals surface area contributed by atoms with Gasteiger partial charge in [-0.2, -0.15) is 0 Å². The van der Waals surface area contributed by atoms with Crippen LogP contribution in [0.5, 0.6) is 0 Å². The summed E-state index contributed by atoms with van der Waals surface area (Å²) in [7, 11) is 0. The molecule has 0 aromatic heterocycles. The van der Waals surface area contributed by atoms with Crippen molar-refractivity contribution in [3.05, 3.63) is 6.92 Å². The highest BCUT2D eigenvalue weighted by Crippen LogP contribution is 1.96. The van der Waals surface area contributed by atoms with E-state index in [1.165, 1.54) is 12.8 Å². The standard InChI is InChI=1S/C13H28NO2/c1-4-7-10-15-12-14(9-6-3)13-16-11-8-5-2/h3-13H2,1-2H3. The monoisotopic (exact) mass is 230 g/mol. The lowest BCUT2D eigenvalue weighted by Gasteiger charge is -2.21. The fourth-order valence-corrected chi connectivity index (χ4v) is 1.27. The van der Waals surface area contributed by atoms with Gasteiger partial charge < -0.3 is 9.47 Å². The Bertz CT molecular complexity index is 119. The first-order chi connectivity index (χ1) is 7.85. The zero-order valence-corrected chi connectivity index (χ0v) is 11.0. The third kappa shape index (κ3) is 10.4. The average molecular weight is 230 g/mol. The minimum absolute atomic E-state index is 0.668. The Hall–Kier alpha value is -0.120. The Labute approximate surface area is 101 Å². The summed E-state index contributed by atoms with van der Waals surface area (Å²) >= 11 is 0. The minimum Gasteiger partial charge on any atom is -0.366 e. The van der Waals surface area contributed by atoms with E-state index < -0.39 is 0 Å². The van der Waals surface area contributed by atoms with Gasteiger partial charge in [-0.1, -0.05) is 33.6 Å². The second-order valence-electron chi connectivity index (χ2n) is 4.03. The predicted octanol–water partition coefficient (Wildman–Crippen LogP) is 3.06. The van der Waals surface area contributed by atoms with Gasteiger partial charge in [0, 0.05) is 19.8 Å². The fraction of sp³-hybridized carbons (Fsp3) is 0.923. The zero-order chi connectivity index (χ0) is 12.1. The van der Waals surface area contributed by atoms with Crippen LogP contribution >= 0.6 is 0 Å². The molecule has 3 nitrogen and oxygen atoms in total. The summed E-state index contributed by atoms with van der Waals surface area (Å²) in [6.07, 6.45) is 5.53. The van der Waals surface area contributed by atoms with Crippen molar-refractivity contribution in [3.8, 4) is 0 Å². The number of ether oxygens (including phenoxy) is 2. The molecule has 0 fully saturated rings. The van der Waals surface area contributed by atoms with E-state index in [-0.39, 0.29) is 0 Å². The first-order valence-corrected chi connectivity index (χ1v) is 6.52. The molecular weight excluding hydrogens is 202 g/mol. The maximum absolute atomic E-state index is 5.56. The van der Waals surface area contributed by atoms with E-state index in [9.17, 15) is 0 Å². The van der Waals surface area contributed by atoms with Crippen molar-refractivity contribution in [3.63, 3.8) is 0 Å². The largest absolute Gasteiger partial charge is 0.366 e. The maximum atomic E-state index is 5.56. The molecule has 97 valence electrons. The van der Waals surface area contributed by atoms with Crippen LogP contribution in [0.25, 0.3) is 0 Å². The molecule has 0 aliphatic heterocycles. The molecule has 16 heavy (non-hydrogen) atoms. The van der Waals surface area contributed by atoms with Crippen molar-refractivity contribution in [2.45, 2.75) is 46.0 Å². The van der Waals surface area contributed by atoms with E-state index in [0.717, 1.165) is 39.0 Å². The molecule has 3 heteroatoms. The molecule has 0 atom stereocenters. The summed E-state index contributed by atoms with van der Waals surface area (Å²) in [6, 6.07) is 0. The van der Waals surface area contributed by atoms with Gasteiger partial charge in [-0.3, -0.25) is 4.90 Å². The molecule has 0 N–H and O–H groups in total. The fourth-order valence-electron chi connectivity index (χ4n) is 1.27. The second kappa shape index (κ2) is 12.9. The lowest BCUT2D eigenvalue weighted by molar-refractivity contribution is -0.0449. The Morgan fingerprint density at radius 2 is 1.44 bits per heavy atom. The number of unbranched alkanes of at least 4 members (excludes halogenated alkanes) is 2. The molecule has 0 amide bonds. The Morgan fingerprint density at radius 1 is 0.938 bits per heavy atom.